The SMILES string of the molecule is C[C@]12CCC(=O)C[C@@H]1CC[C@H]1[C@H]2CC[C@@]2(C)[C@@H]1CC[C@@]21OCCS1. The summed E-state index contributed by atoms with van der Waals surface area (Å²) in [5.74, 6) is 5.02. The van der Waals surface area contributed by atoms with E-state index in [9.17, 15) is 4.79 Å². The number of hydrogen-bond acceptors (Lipinski definition) is 3. The number of carbonyl (C=O) groups excluding carboxylic acids is 1. The number of ketones is 1. The smallest absolute Gasteiger partial charge is 0.133 e. The molecule has 1 spiro atoms. The first kappa shape index (κ1) is 16.2. The van der Waals surface area contributed by atoms with Crippen molar-refractivity contribution in [2.24, 2.45) is 34.5 Å². The van der Waals surface area contributed by atoms with Crippen LogP contribution in [-0.4, -0.2) is 23.1 Å². The minimum atomic E-state index is 0.142. The summed E-state index contributed by atoms with van der Waals surface area (Å²) in [7, 11) is 0. The van der Waals surface area contributed by atoms with E-state index in [1.54, 1.807) is 0 Å². The summed E-state index contributed by atoms with van der Waals surface area (Å²) >= 11 is 2.13. The van der Waals surface area contributed by atoms with Crippen LogP contribution in [0.15, 0.2) is 0 Å². The molecule has 4 saturated carbocycles. The van der Waals surface area contributed by atoms with Crippen molar-refractivity contribution in [1.29, 1.82) is 0 Å². The molecule has 0 radical (unpaired) electrons. The van der Waals surface area contributed by atoms with Crippen molar-refractivity contribution in [2.75, 3.05) is 12.4 Å². The van der Waals surface area contributed by atoms with Gasteiger partial charge in [0.2, 0.25) is 0 Å². The quantitative estimate of drug-likeness (QED) is 0.612. The Morgan fingerprint density at radius 1 is 1.04 bits per heavy atom. The number of carbonyl (C=O) groups is 1. The molecule has 0 aromatic rings. The van der Waals surface area contributed by atoms with Crippen molar-refractivity contribution in [3.05, 3.63) is 0 Å². The molecule has 0 N–H and O–H groups in total. The third-order valence-electron chi connectivity index (χ3n) is 9.28. The van der Waals surface area contributed by atoms with Crippen LogP contribution in [0.1, 0.15) is 71.6 Å². The molecule has 0 amide bonds. The molecule has 1 heterocycles. The number of fused-ring (bicyclic) bond motifs is 6. The van der Waals surface area contributed by atoms with Gasteiger partial charge in [0.1, 0.15) is 10.7 Å². The summed E-state index contributed by atoms with van der Waals surface area (Å²) in [5, 5.41) is 0. The summed E-state index contributed by atoms with van der Waals surface area (Å²) in [6.07, 6.45) is 11.0. The molecule has 0 aromatic heterocycles. The Hall–Kier alpha value is -0.0200. The van der Waals surface area contributed by atoms with Gasteiger partial charge in [-0.15, -0.1) is 11.8 Å². The van der Waals surface area contributed by atoms with E-state index >= 15 is 0 Å². The largest absolute Gasteiger partial charge is 0.363 e. The minimum Gasteiger partial charge on any atom is -0.363 e. The Balaban J connectivity index is 1.46. The molecule has 5 fully saturated rings. The lowest BCUT2D eigenvalue weighted by Gasteiger charge is -2.61. The second kappa shape index (κ2) is 5.25. The van der Waals surface area contributed by atoms with Crippen LogP contribution in [0.5, 0.6) is 0 Å². The Morgan fingerprint density at radius 2 is 1.88 bits per heavy atom. The first-order valence-corrected chi connectivity index (χ1v) is 11.3. The molecule has 0 aromatic carbocycles. The average Bonchev–Trinajstić information content (AvgIpc) is 3.15. The summed E-state index contributed by atoms with van der Waals surface area (Å²) in [6.45, 7) is 6.08. The van der Waals surface area contributed by atoms with Crippen molar-refractivity contribution >= 4 is 17.5 Å². The molecule has 134 valence electrons. The van der Waals surface area contributed by atoms with E-state index in [4.69, 9.17) is 4.74 Å². The minimum absolute atomic E-state index is 0.142. The molecule has 2 nitrogen and oxygen atoms in total. The number of thioether (sulfide) groups is 1. The van der Waals surface area contributed by atoms with Crippen LogP contribution in [0.2, 0.25) is 0 Å². The second-order valence-corrected chi connectivity index (χ2v) is 11.2. The zero-order valence-corrected chi connectivity index (χ0v) is 16.1. The highest BCUT2D eigenvalue weighted by Crippen LogP contribution is 2.71. The predicted octanol–water partition coefficient (Wildman–Crippen LogP) is 5.06. The maximum absolute atomic E-state index is 12.0. The summed E-state index contributed by atoms with van der Waals surface area (Å²) in [4.78, 5) is 12.1. The maximum atomic E-state index is 12.0. The van der Waals surface area contributed by atoms with Gasteiger partial charge in [-0.05, 0) is 74.0 Å². The third-order valence-corrected chi connectivity index (χ3v) is 10.9. The fourth-order valence-electron chi connectivity index (χ4n) is 7.93. The molecule has 3 heteroatoms. The van der Waals surface area contributed by atoms with E-state index in [1.165, 1.54) is 44.3 Å². The average molecular weight is 349 g/mol. The number of Topliss-reactive ketones (excluding diaryl/α,β-unsaturated/α-hetero) is 1. The number of hydrogen-bond donors (Lipinski definition) is 0. The summed E-state index contributed by atoms with van der Waals surface area (Å²) < 4.78 is 6.42. The van der Waals surface area contributed by atoms with Crippen molar-refractivity contribution < 1.29 is 9.53 Å². The van der Waals surface area contributed by atoms with Crippen LogP contribution in [-0.2, 0) is 9.53 Å². The second-order valence-electron chi connectivity index (χ2n) is 9.84. The van der Waals surface area contributed by atoms with Gasteiger partial charge in [0.05, 0.1) is 6.61 Å². The van der Waals surface area contributed by atoms with Gasteiger partial charge < -0.3 is 4.74 Å². The fourth-order valence-corrected chi connectivity index (χ4v) is 9.44. The Labute approximate surface area is 150 Å². The van der Waals surface area contributed by atoms with Crippen molar-refractivity contribution in [1.82, 2.24) is 0 Å². The van der Waals surface area contributed by atoms with E-state index in [1.807, 2.05) is 0 Å². The molecular formula is C21H32O2S. The molecule has 0 unspecified atom stereocenters. The lowest BCUT2D eigenvalue weighted by Crippen LogP contribution is -2.55. The molecule has 0 bridgehead atoms. The van der Waals surface area contributed by atoms with E-state index in [0.717, 1.165) is 43.6 Å². The summed E-state index contributed by atoms with van der Waals surface area (Å²) in [5.41, 5.74) is 0.834. The molecule has 1 aliphatic heterocycles. The molecular weight excluding hydrogens is 316 g/mol. The van der Waals surface area contributed by atoms with Crippen molar-refractivity contribution in [2.45, 2.75) is 76.6 Å². The Morgan fingerprint density at radius 3 is 2.67 bits per heavy atom. The van der Waals surface area contributed by atoms with E-state index < -0.39 is 0 Å². The van der Waals surface area contributed by atoms with Gasteiger partial charge >= 0.3 is 0 Å². The van der Waals surface area contributed by atoms with Gasteiger partial charge in [-0.3, -0.25) is 4.79 Å². The lowest BCUT2D eigenvalue weighted by atomic mass is 9.45. The van der Waals surface area contributed by atoms with Gasteiger partial charge in [0.15, 0.2) is 0 Å². The number of ether oxygens (including phenoxy) is 1. The van der Waals surface area contributed by atoms with E-state index in [-0.39, 0.29) is 4.93 Å². The van der Waals surface area contributed by atoms with Gasteiger partial charge in [-0.2, -0.15) is 0 Å². The summed E-state index contributed by atoms with van der Waals surface area (Å²) in [6, 6.07) is 0. The first-order chi connectivity index (χ1) is 11.5. The Bertz CT molecular complexity index is 554. The molecule has 4 aliphatic carbocycles. The van der Waals surface area contributed by atoms with Crippen LogP contribution in [0.25, 0.3) is 0 Å². The highest BCUT2D eigenvalue weighted by Gasteiger charge is 2.66. The number of rotatable bonds is 0. The van der Waals surface area contributed by atoms with Crippen LogP contribution >= 0.6 is 11.8 Å². The van der Waals surface area contributed by atoms with Gasteiger partial charge in [-0.1, -0.05) is 13.8 Å². The standard InChI is InChI=1S/C21H32O2S/c1-19-8-5-15(22)13-14(19)3-4-16-17(19)6-9-20(2)18(16)7-10-21(20)23-11-12-24-21/h14,16-18H,3-13H2,1-2H3/t14-,16-,17+,18+,19-,20-,21-/m0/s1. The van der Waals surface area contributed by atoms with E-state index in [2.05, 4.69) is 25.6 Å². The molecule has 1 saturated heterocycles. The lowest BCUT2D eigenvalue weighted by molar-refractivity contribution is -0.147. The topological polar surface area (TPSA) is 26.3 Å². The van der Waals surface area contributed by atoms with Crippen LogP contribution in [0.3, 0.4) is 0 Å². The third kappa shape index (κ3) is 1.92. The zero-order chi connectivity index (χ0) is 16.6. The van der Waals surface area contributed by atoms with Crippen molar-refractivity contribution in [3.8, 4) is 0 Å². The highest BCUT2D eigenvalue weighted by atomic mass is 32.2. The molecule has 5 rings (SSSR count). The van der Waals surface area contributed by atoms with Crippen LogP contribution in [0, 0.1) is 34.5 Å². The van der Waals surface area contributed by atoms with Crippen LogP contribution in [0.4, 0.5) is 0 Å². The first-order valence-electron chi connectivity index (χ1n) is 10.3. The van der Waals surface area contributed by atoms with Crippen molar-refractivity contribution in [3.63, 3.8) is 0 Å². The molecule has 24 heavy (non-hydrogen) atoms. The van der Waals surface area contributed by atoms with Gasteiger partial charge in [-0.25, -0.2) is 0 Å². The Kier molecular flexibility index (Phi) is 3.54. The normalized spacial score (nSPS) is 56.8. The molecule has 5 aliphatic rings. The van der Waals surface area contributed by atoms with Gasteiger partial charge in [0.25, 0.3) is 0 Å². The zero-order valence-electron chi connectivity index (χ0n) is 15.3. The highest BCUT2D eigenvalue weighted by molar-refractivity contribution is 8.00. The van der Waals surface area contributed by atoms with E-state index in [0.29, 0.717) is 22.5 Å². The van der Waals surface area contributed by atoms with Gasteiger partial charge in [0, 0.05) is 24.0 Å². The fraction of sp³-hybridized carbons (Fsp3) is 0.952. The monoisotopic (exact) mass is 348 g/mol. The predicted molar refractivity (Wildman–Crippen MR) is 97.9 cm³/mol. The molecule has 7 atom stereocenters. The van der Waals surface area contributed by atoms with Crippen LogP contribution < -0.4 is 0 Å². The maximum Gasteiger partial charge on any atom is 0.133 e.